The van der Waals surface area contributed by atoms with Gasteiger partial charge in [-0.3, -0.25) is 0 Å². The highest BCUT2D eigenvalue weighted by atomic mass is 17.2. The van der Waals surface area contributed by atoms with E-state index in [4.69, 9.17) is 14.5 Å². The summed E-state index contributed by atoms with van der Waals surface area (Å²) >= 11 is 0. The molecule has 1 aromatic rings. The molecule has 3 fully saturated rings. The van der Waals surface area contributed by atoms with Gasteiger partial charge in [0.2, 0.25) is 0 Å². The van der Waals surface area contributed by atoms with E-state index in [0.29, 0.717) is 11.3 Å². The van der Waals surface area contributed by atoms with Gasteiger partial charge in [-0.25, -0.2) is 9.78 Å². The lowest BCUT2D eigenvalue weighted by molar-refractivity contribution is -0.371. The Balaban J connectivity index is 1.47. The van der Waals surface area contributed by atoms with Crippen LogP contribution in [0.15, 0.2) is 30.3 Å². The molecule has 2 aliphatic heterocycles. The van der Waals surface area contributed by atoms with Crippen molar-refractivity contribution in [3.05, 3.63) is 35.9 Å². The van der Waals surface area contributed by atoms with Gasteiger partial charge in [0, 0.05) is 5.92 Å². The van der Waals surface area contributed by atoms with Crippen LogP contribution in [0.1, 0.15) is 64.5 Å². The summed E-state index contributed by atoms with van der Waals surface area (Å²) in [5.41, 5.74) is 1.53. The maximum absolute atomic E-state index is 6.15. The molecule has 126 valence electrons. The molecule has 0 bridgehead atoms. The van der Waals surface area contributed by atoms with Crippen LogP contribution < -0.4 is 0 Å². The molecule has 3 aliphatic rings. The van der Waals surface area contributed by atoms with Crippen molar-refractivity contribution in [3.8, 4) is 0 Å². The van der Waals surface area contributed by atoms with E-state index in [1.54, 1.807) is 0 Å². The quantitative estimate of drug-likeness (QED) is 0.680. The minimum atomic E-state index is -0.189. The zero-order chi connectivity index (χ0) is 16.1. The minimum absolute atomic E-state index is 0.115. The number of rotatable bonds is 1. The molecule has 4 rings (SSSR count). The predicted molar refractivity (Wildman–Crippen MR) is 88.5 cm³/mol. The summed E-state index contributed by atoms with van der Waals surface area (Å²) < 4.78 is 6.15. The molecule has 23 heavy (non-hydrogen) atoms. The molecular formula is C20H28O3. The fraction of sp³-hybridized carbons (Fsp3) is 0.700. The molecule has 1 aromatic carbocycles. The Kier molecular flexibility index (Phi) is 3.79. The predicted octanol–water partition coefficient (Wildman–Crippen LogP) is 5.03. The third kappa shape index (κ3) is 2.73. The van der Waals surface area contributed by atoms with Gasteiger partial charge in [0.25, 0.3) is 0 Å². The molecule has 1 aliphatic carbocycles. The highest BCUT2D eigenvalue weighted by Crippen LogP contribution is 2.55. The first-order valence-corrected chi connectivity index (χ1v) is 9.03. The maximum atomic E-state index is 6.15. The number of hydrogen-bond acceptors (Lipinski definition) is 3. The largest absolute Gasteiger partial charge is 0.341 e. The van der Waals surface area contributed by atoms with Crippen LogP contribution in [0.2, 0.25) is 0 Å². The molecule has 3 atom stereocenters. The van der Waals surface area contributed by atoms with Gasteiger partial charge in [-0.2, -0.15) is 0 Å². The lowest BCUT2D eigenvalue weighted by Gasteiger charge is -2.42. The van der Waals surface area contributed by atoms with Crippen molar-refractivity contribution in [2.24, 2.45) is 17.3 Å². The highest BCUT2D eigenvalue weighted by Gasteiger charge is 2.58. The van der Waals surface area contributed by atoms with E-state index in [9.17, 15) is 0 Å². The number of fused-ring (bicyclic) bond motifs is 2. The molecule has 0 unspecified atom stereocenters. The van der Waals surface area contributed by atoms with E-state index in [1.807, 2.05) is 6.07 Å². The summed E-state index contributed by atoms with van der Waals surface area (Å²) in [6.45, 7) is 7.07. The standard InChI is InChI=1S/C20H28O3/c1-19(2,3)15-9-11-20(12-10-15)16-13-17(21-18(16)22-23-20)14-7-5-4-6-8-14/h4-8,15-18H,9-13H2,1-3H3/t15?,16-,17+,18-,20?/m1/s1. The van der Waals surface area contributed by atoms with Crippen LogP contribution in [0.3, 0.4) is 0 Å². The van der Waals surface area contributed by atoms with Crippen molar-refractivity contribution in [1.82, 2.24) is 0 Å². The van der Waals surface area contributed by atoms with Crippen LogP contribution in [0.25, 0.3) is 0 Å². The fourth-order valence-electron chi connectivity index (χ4n) is 4.72. The fourth-order valence-corrected chi connectivity index (χ4v) is 4.72. The van der Waals surface area contributed by atoms with Gasteiger partial charge in [0.1, 0.15) is 5.60 Å². The smallest absolute Gasteiger partial charge is 0.197 e. The van der Waals surface area contributed by atoms with E-state index >= 15 is 0 Å². The first kappa shape index (κ1) is 15.6. The maximum Gasteiger partial charge on any atom is 0.197 e. The van der Waals surface area contributed by atoms with Crippen molar-refractivity contribution >= 4 is 0 Å². The zero-order valence-electron chi connectivity index (χ0n) is 14.5. The van der Waals surface area contributed by atoms with Gasteiger partial charge in [-0.1, -0.05) is 51.1 Å². The monoisotopic (exact) mass is 316 g/mol. The van der Waals surface area contributed by atoms with Crippen LogP contribution in [-0.2, 0) is 14.5 Å². The SMILES string of the molecule is CC(C)(C)C1CCC2(CC1)OO[C@H]1O[C@H](c3ccccc3)C[C@H]12. The lowest BCUT2D eigenvalue weighted by atomic mass is 9.65. The molecule has 3 heteroatoms. The van der Waals surface area contributed by atoms with Crippen molar-refractivity contribution < 1.29 is 14.5 Å². The Morgan fingerprint density at radius 1 is 1.04 bits per heavy atom. The third-order valence-electron chi connectivity index (χ3n) is 6.31. The number of hydrogen-bond donors (Lipinski definition) is 0. The average molecular weight is 316 g/mol. The highest BCUT2D eigenvalue weighted by molar-refractivity contribution is 5.19. The van der Waals surface area contributed by atoms with Crippen molar-refractivity contribution in [1.29, 1.82) is 0 Å². The summed E-state index contributed by atoms with van der Waals surface area (Å²) in [6, 6.07) is 10.5. The minimum Gasteiger partial charge on any atom is -0.341 e. The van der Waals surface area contributed by atoms with Gasteiger partial charge < -0.3 is 4.74 Å². The van der Waals surface area contributed by atoms with Crippen LogP contribution in [0, 0.1) is 17.3 Å². The van der Waals surface area contributed by atoms with Crippen LogP contribution in [0.5, 0.6) is 0 Å². The van der Waals surface area contributed by atoms with E-state index in [-0.39, 0.29) is 18.0 Å². The molecule has 2 saturated heterocycles. The normalized spacial score (nSPS) is 40.5. The summed E-state index contributed by atoms with van der Waals surface area (Å²) in [5.74, 6) is 1.15. The second-order valence-electron chi connectivity index (χ2n) is 8.63. The Morgan fingerprint density at radius 2 is 1.74 bits per heavy atom. The van der Waals surface area contributed by atoms with Gasteiger partial charge >= 0.3 is 0 Å². The average Bonchev–Trinajstić information content (AvgIpc) is 3.10. The Hall–Kier alpha value is -0.900. The van der Waals surface area contributed by atoms with Crippen molar-refractivity contribution in [2.75, 3.05) is 0 Å². The molecule has 1 saturated carbocycles. The van der Waals surface area contributed by atoms with Crippen molar-refractivity contribution in [2.45, 2.75) is 70.9 Å². The molecule has 0 aromatic heterocycles. The van der Waals surface area contributed by atoms with Crippen LogP contribution in [-0.4, -0.2) is 11.9 Å². The van der Waals surface area contributed by atoms with Crippen LogP contribution >= 0.6 is 0 Å². The second-order valence-corrected chi connectivity index (χ2v) is 8.63. The molecular weight excluding hydrogens is 288 g/mol. The first-order valence-electron chi connectivity index (χ1n) is 9.03. The van der Waals surface area contributed by atoms with Gasteiger partial charge in [0.05, 0.1) is 6.10 Å². The van der Waals surface area contributed by atoms with Gasteiger partial charge in [0.15, 0.2) is 6.29 Å². The summed E-state index contributed by atoms with van der Waals surface area (Å²) in [6.07, 6.45) is 5.62. The third-order valence-corrected chi connectivity index (χ3v) is 6.31. The Bertz CT molecular complexity index is 540. The molecule has 3 nitrogen and oxygen atoms in total. The zero-order valence-corrected chi connectivity index (χ0v) is 14.5. The molecule has 0 radical (unpaired) electrons. The van der Waals surface area contributed by atoms with E-state index in [2.05, 4.69) is 45.0 Å². The lowest BCUT2D eigenvalue weighted by Crippen LogP contribution is -2.42. The summed E-state index contributed by atoms with van der Waals surface area (Å²) in [7, 11) is 0. The van der Waals surface area contributed by atoms with Gasteiger partial charge in [-0.15, -0.1) is 0 Å². The Morgan fingerprint density at radius 3 is 2.39 bits per heavy atom. The summed E-state index contributed by atoms with van der Waals surface area (Å²) in [5, 5.41) is 0. The molecule has 0 amide bonds. The molecule has 2 heterocycles. The van der Waals surface area contributed by atoms with E-state index in [1.165, 1.54) is 18.4 Å². The first-order chi connectivity index (χ1) is 11.0. The second kappa shape index (κ2) is 5.58. The number of benzene rings is 1. The molecule has 0 N–H and O–H groups in total. The Labute approximate surface area is 139 Å². The van der Waals surface area contributed by atoms with E-state index < -0.39 is 0 Å². The summed E-state index contributed by atoms with van der Waals surface area (Å²) in [4.78, 5) is 11.5. The topological polar surface area (TPSA) is 27.7 Å². The van der Waals surface area contributed by atoms with Crippen molar-refractivity contribution in [3.63, 3.8) is 0 Å². The van der Waals surface area contributed by atoms with Gasteiger partial charge in [-0.05, 0) is 49.0 Å². The molecule has 1 spiro atoms. The number of ether oxygens (including phenoxy) is 1. The van der Waals surface area contributed by atoms with E-state index in [0.717, 1.165) is 25.2 Å². The van der Waals surface area contributed by atoms with Crippen LogP contribution in [0.4, 0.5) is 0 Å².